The average Bonchev–Trinajstić information content (AvgIpc) is 2.36. The lowest BCUT2D eigenvalue weighted by Gasteiger charge is -2.26. The van der Waals surface area contributed by atoms with E-state index in [0.29, 0.717) is 5.82 Å². The molecule has 1 aromatic heterocycles. The van der Waals surface area contributed by atoms with Gasteiger partial charge in [-0.25, -0.2) is 9.97 Å². The summed E-state index contributed by atoms with van der Waals surface area (Å²) in [5.74, 6) is -0.524. The fourth-order valence-corrected chi connectivity index (χ4v) is 2.33. The second-order valence-corrected chi connectivity index (χ2v) is 4.94. The number of halogens is 3. The molecule has 112 valence electrons. The fraction of sp³-hybridized carbons (Fsp3) is 0.692. The van der Waals surface area contributed by atoms with E-state index in [4.69, 9.17) is 0 Å². The first-order valence-corrected chi connectivity index (χ1v) is 6.89. The first kappa shape index (κ1) is 14.9. The molecule has 1 aliphatic heterocycles. The standard InChI is InChI=1S/C13H19F3N4/c1-17-10-9-11(19-12(18-10)13(14,15)16)20-7-5-3-2-4-6-8-20/h9H,2-8H2,1H3,(H,17,18,19). The third-order valence-electron chi connectivity index (χ3n) is 3.40. The molecule has 4 nitrogen and oxygen atoms in total. The summed E-state index contributed by atoms with van der Waals surface area (Å²) in [7, 11) is 1.56. The van der Waals surface area contributed by atoms with Gasteiger partial charge in [-0.2, -0.15) is 13.2 Å². The maximum Gasteiger partial charge on any atom is 0.451 e. The maximum atomic E-state index is 12.8. The summed E-state index contributed by atoms with van der Waals surface area (Å²) in [6.07, 6.45) is 0.886. The van der Waals surface area contributed by atoms with E-state index < -0.39 is 12.0 Å². The summed E-state index contributed by atoms with van der Waals surface area (Å²) < 4.78 is 38.5. The molecule has 0 spiro atoms. The van der Waals surface area contributed by atoms with Gasteiger partial charge in [-0.05, 0) is 12.8 Å². The molecule has 0 bridgehead atoms. The molecule has 0 aromatic carbocycles. The van der Waals surface area contributed by atoms with E-state index in [0.717, 1.165) is 38.8 Å². The molecule has 1 N–H and O–H groups in total. The topological polar surface area (TPSA) is 41.0 Å². The van der Waals surface area contributed by atoms with Gasteiger partial charge in [0, 0.05) is 26.2 Å². The number of nitrogens with one attached hydrogen (secondary N) is 1. The van der Waals surface area contributed by atoms with Gasteiger partial charge in [0.1, 0.15) is 11.6 Å². The molecule has 20 heavy (non-hydrogen) atoms. The van der Waals surface area contributed by atoms with E-state index in [2.05, 4.69) is 15.3 Å². The molecule has 1 fully saturated rings. The Morgan fingerprint density at radius 3 is 2.20 bits per heavy atom. The minimum atomic E-state index is -4.52. The number of alkyl halides is 3. The summed E-state index contributed by atoms with van der Waals surface area (Å²) in [5.41, 5.74) is 0. The van der Waals surface area contributed by atoms with E-state index in [1.807, 2.05) is 4.90 Å². The molecule has 0 aliphatic carbocycles. The SMILES string of the molecule is CNc1cc(N2CCCCCCC2)nc(C(F)(F)F)n1. The summed E-state index contributed by atoms with van der Waals surface area (Å²) in [6.45, 7) is 1.49. The molecular formula is C13H19F3N4. The van der Waals surface area contributed by atoms with Crippen LogP contribution in [0.4, 0.5) is 24.8 Å². The Hall–Kier alpha value is -1.53. The molecule has 1 aromatic rings. The smallest absolute Gasteiger partial charge is 0.373 e. The predicted molar refractivity (Wildman–Crippen MR) is 71.9 cm³/mol. The monoisotopic (exact) mass is 288 g/mol. The van der Waals surface area contributed by atoms with Crippen LogP contribution in [0.1, 0.15) is 37.9 Å². The van der Waals surface area contributed by atoms with Crippen LogP contribution in [0.15, 0.2) is 6.07 Å². The van der Waals surface area contributed by atoms with Gasteiger partial charge in [-0.1, -0.05) is 19.3 Å². The van der Waals surface area contributed by atoms with E-state index in [-0.39, 0.29) is 5.82 Å². The molecule has 2 heterocycles. The third kappa shape index (κ3) is 3.74. The Kier molecular flexibility index (Phi) is 4.67. The molecule has 0 atom stereocenters. The quantitative estimate of drug-likeness (QED) is 0.906. The van der Waals surface area contributed by atoms with Crippen LogP contribution in [0.5, 0.6) is 0 Å². The van der Waals surface area contributed by atoms with Gasteiger partial charge in [0.25, 0.3) is 0 Å². The van der Waals surface area contributed by atoms with Crippen molar-refractivity contribution in [3.63, 3.8) is 0 Å². The Morgan fingerprint density at radius 1 is 1.05 bits per heavy atom. The Balaban J connectivity index is 2.29. The summed E-state index contributed by atoms with van der Waals surface area (Å²) in [6, 6.07) is 1.58. The van der Waals surface area contributed by atoms with Crippen molar-refractivity contribution < 1.29 is 13.2 Å². The molecule has 1 aliphatic rings. The number of hydrogen-bond acceptors (Lipinski definition) is 4. The predicted octanol–water partition coefficient (Wildman–Crippen LogP) is 3.31. The van der Waals surface area contributed by atoms with Gasteiger partial charge in [-0.3, -0.25) is 0 Å². The van der Waals surface area contributed by atoms with Crippen LogP contribution in [0.3, 0.4) is 0 Å². The highest BCUT2D eigenvalue weighted by Crippen LogP contribution is 2.29. The zero-order chi connectivity index (χ0) is 14.6. The molecule has 7 heteroatoms. The van der Waals surface area contributed by atoms with Crippen molar-refractivity contribution in [2.75, 3.05) is 30.4 Å². The number of aromatic nitrogens is 2. The Bertz CT molecular complexity index is 440. The van der Waals surface area contributed by atoms with Crippen LogP contribution in [0, 0.1) is 0 Å². The van der Waals surface area contributed by atoms with Gasteiger partial charge in [0.2, 0.25) is 5.82 Å². The maximum absolute atomic E-state index is 12.8. The molecular weight excluding hydrogens is 269 g/mol. The van der Waals surface area contributed by atoms with Gasteiger partial charge in [0.05, 0.1) is 0 Å². The van der Waals surface area contributed by atoms with Crippen molar-refractivity contribution >= 4 is 11.6 Å². The Labute approximate surface area is 116 Å². The van der Waals surface area contributed by atoms with Crippen molar-refractivity contribution in [3.05, 3.63) is 11.9 Å². The van der Waals surface area contributed by atoms with E-state index in [9.17, 15) is 13.2 Å². The number of hydrogen-bond donors (Lipinski definition) is 1. The third-order valence-corrected chi connectivity index (χ3v) is 3.40. The van der Waals surface area contributed by atoms with Crippen molar-refractivity contribution in [2.45, 2.75) is 38.3 Å². The van der Waals surface area contributed by atoms with Crippen LogP contribution in [0.2, 0.25) is 0 Å². The van der Waals surface area contributed by atoms with Gasteiger partial charge in [-0.15, -0.1) is 0 Å². The van der Waals surface area contributed by atoms with Crippen LogP contribution in [-0.2, 0) is 6.18 Å². The normalized spacial score (nSPS) is 17.5. The number of nitrogens with zero attached hydrogens (tertiary/aromatic N) is 3. The zero-order valence-electron chi connectivity index (χ0n) is 11.5. The van der Waals surface area contributed by atoms with Gasteiger partial charge < -0.3 is 10.2 Å². The van der Waals surface area contributed by atoms with Gasteiger partial charge >= 0.3 is 6.18 Å². The second kappa shape index (κ2) is 6.28. The highest BCUT2D eigenvalue weighted by molar-refractivity contribution is 5.49. The lowest BCUT2D eigenvalue weighted by molar-refractivity contribution is -0.144. The molecule has 2 rings (SSSR count). The number of rotatable bonds is 2. The molecule has 0 radical (unpaired) electrons. The van der Waals surface area contributed by atoms with E-state index in [1.54, 1.807) is 13.1 Å². The minimum Gasteiger partial charge on any atom is -0.373 e. The summed E-state index contributed by atoms with van der Waals surface area (Å²) in [5, 5.41) is 2.67. The van der Waals surface area contributed by atoms with Crippen LogP contribution < -0.4 is 10.2 Å². The first-order chi connectivity index (χ1) is 9.50. The highest BCUT2D eigenvalue weighted by Gasteiger charge is 2.35. The lowest BCUT2D eigenvalue weighted by atomic mass is 10.1. The van der Waals surface area contributed by atoms with Crippen molar-refractivity contribution in [3.8, 4) is 0 Å². The van der Waals surface area contributed by atoms with Gasteiger partial charge in [0.15, 0.2) is 0 Å². The number of anilines is 2. The first-order valence-electron chi connectivity index (χ1n) is 6.89. The summed E-state index contributed by atoms with van der Waals surface area (Å²) in [4.78, 5) is 9.11. The van der Waals surface area contributed by atoms with Crippen LogP contribution >= 0.6 is 0 Å². The lowest BCUT2D eigenvalue weighted by Crippen LogP contribution is -2.29. The highest BCUT2D eigenvalue weighted by atomic mass is 19.4. The Morgan fingerprint density at radius 2 is 1.65 bits per heavy atom. The largest absolute Gasteiger partial charge is 0.451 e. The average molecular weight is 288 g/mol. The van der Waals surface area contributed by atoms with E-state index in [1.165, 1.54) is 6.42 Å². The zero-order valence-corrected chi connectivity index (χ0v) is 11.5. The molecule has 0 unspecified atom stereocenters. The van der Waals surface area contributed by atoms with Crippen LogP contribution in [0.25, 0.3) is 0 Å². The fourth-order valence-electron chi connectivity index (χ4n) is 2.33. The molecule has 1 saturated heterocycles. The summed E-state index contributed by atoms with van der Waals surface area (Å²) >= 11 is 0. The molecule has 0 amide bonds. The van der Waals surface area contributed by atoms with Crippen molar-refractivity contribution in [1.29, 1.82) is 0 Å². The minimum absolute atomic E-state index is 0.199. The van der Waals surface area contributed by atoms with E-state index >= 15 is 0 Å². The van der Waals surface area contributed by atoms with Crippen LogP contribution in [-0.4, -0.2) is 30.1 Å². The molecule has 0 saturated carbocycles. The van der Waals surface area contributed by atoms with Crippen molar-refractivity contribution in [1.82, 2.24) is 9.97 Å². The second-order valence-electron chi connectivity index (χ2n) is 4.94. The van der Waals surface area contributed by atoms with Crippen molar-refractivity contribution in [2.24, 2.45) is 0 Å².